The van der Waals surface area contributed by atoms with Crippen molar-refractivity contribution in [2.75, 3.05) is 6.16 Å². The van der Waals surface area contributed by atoms with Gasteiger partial charge in [-0.25, -0.2) is 0 Å². The molecule has 0 saturated carbocycles. The van der Waals surface area contributed by atoms with E-state index in [1.165, 1.54) is 12.1 Å². The van der Waals surface area contributed by atoms with Gasteiger partial charge in [-0.2, -0.15) is 8.42 Å². The summed E-state index contributed by atoms with van der Waals surface area (Å²) in [7, 11) is -1.44. The molecule has 0 spiro atoms. The summed E-state index contributed by atoms with van der Waals surface area (Å²) in [6, 6.07) is 6.22. The van der Waals surface area contributed by atoms with Crippen molar-refractivity contribution in [3.63, 3.8) is 0 Å². The Labute approximate surface area is 80.1 Å². The lowest BCUT2D eigenvalue weighted by molar-refractivity contribution is 0.483. The molecule has 0 radical (unpaired) electrons. The van der Waals surface area contributed by atoms with Gasteiger partial charge in [0.25, 0.3) is 10.1 Å². The van der Waals surface area contributed by atoms with Crippen molar-refractivity contribution in [1.82, 2.24) is 0 Å². The molecule has 0 fully saturated rings. The van der Waals surface area contributed by atoms with Crippen LogP contribution < -0.4 is 0 Å². The molecule has 0 heterocycles. The second-order valence-electron chi connectivity index (χ2n) is 2.66. The number of hydrogen-bond donors (Lipinski definition) is 1. The molecular weight excluding hydrogens is 207 g/mol. The molecule has 3 nitrogen and oxygen atoms in total. The largest absolute Gasteiger partial charge is 0.294 e. The van der Waals surface area contributed by atoms with Crippen LogP contribution in [0.5, 0.6) is 0 Å². The Morgan fingerprint density at radius 2 is 1.77 bits per heavy atom. The van der Waals surface area contributed by atoms with E-state index in [2.05, 4.69) is 9.24 Å². The SMILES string of the molecule is O=S(=O)(O)c1ccc(CCP)cc1. The summed E-state index contributed by atoms with van der Waals surface area (Å²) >= 11 is 0. The fraction of sp³-hybridized carbons (Fsp3) is 0.250. The Kier molecular flexibility index (Phi) is 3.42. The third kappa shape index (κ3) is 3.07. The first-order valence-electron chi connectivity index (χ1n) is 3.80. The predicted molar refractivity (Wildman–Crippen MR) is 54.5 cm³/mol. The molecule has 1 atom stereocenters. The summed E-state index contributed by atoms with van der Waals surface area (Å²) in [5.74, 6) is 0. The minimum atomic E-state index is -4.04. The van der Waals surface area contributed by atoms with Crippen molar-refractivity contribution >= 4 is 19.4 Å². The Bertz CT molecular complexity index is 369. The average molecular weight is 218 g/mol. The predicted octanol–water partition coefficient (Wildman–Crippen LogP) is 1.35. The standard InChI is InChI=1S/C8H11O3PS/c9-13(10,11)8-3-1-7(2-4-8)5-6-12/h1-4H,5-6,12H2,(H,9,10,11). The summed E-state index contributed by atoms with van der Waals surface area (Å²) in [5, 5.41) is 0. The third-order valence-electron chi connectivity index (χ3n) is 1.65. The van der Waals surface area contributed by atoms with Gasteiger partial charge in [-0.05, 0) is 30.3 Å². The average Bonchev–Trinajstić information content (AvgIpc) is 2.04. The highest BCUT2D eigenvalue weighted by Crippen LogP contribution is 2.10. The Hall–Kier alpha value is -0.440. The molecule has 72 valence electrons. The van der Waals surface area contributed by atoms with Crippen LogP contribution in [0.2, 0.25) is 0 Å². The van der Waals surface area contributed by atoms with Crippen LogP contribution in [-0.4, -0.2) is 19.1 Å². The minimum absolute atomic E-state index is 0.0555. The maximum atomic E-state index is 10.7. The molecule has 1 rings (SSSR count). The van der Waals surface area contributed by atoms with E-state index in [1.807, 2.05) is 0 Å². The van der Waals surface area contributed by atoms with Crippen molar-refractivity contribution in [3.8, 4) is 0 Å². The third-order valence-corrected chi connectivity index (χ3v) is 2.81. The van der Waals surface area contributed by atoms with Crippen LogP contribution in [0, 0.1) is 0 Å². The molecule has 1 N–H and O–H groups in total. The quantitative estimate of drug-likeness (QED) is 0.615. The van der Waals surface area contributed by atoms with Crippen LogP contribution >= 0.6 is 9.24 Å². The molecule has 0 aliphatic carbocycles. The highest BCUT2D eigenvalue weighted by atomic mass is 32.2. The molecule has 0 bridgehead atoms. The highest BCUT2D eigenvalue weighted by Gasteiger charge is 2.07. The van der Waals surface area contributed by atoms with Crippen LogP contribution in [0.1, 0.15) is 5.56 Å². The second-order valence-corrected chi connectivity index (χ2v) is 4.66. The fourth-order valence-corrected chi connectivity index (χ4v) is 1.81. The fourth-order valence-electron chi connectivity index (χ4n) is 0.995. The van der Waals surface area contributed by atoms with Gasteiger partial charge in [0.15, 0.2) is 0 Å². The summed E-state index contributed by atoms with van der Waals surface area (Å²) < 4.78 is 30.0. The van der Waals surface area contributed by atoms with Gasteiger partial charge < -0.3 is 0 Å². The lowest BCUT2D eigenvalue weighted by Crippen LogP contribution is -1.97. The van der Waals surface area contributed by atoms with Crippen LogP contribution in [0.4, 0.5) is 0 Å². The van der Waals surface area contributed by atoms with Crippen LogP contribution in [0.3, 0.4) is 0 Å². The van der Waals surface area contributed by atoms with Gasteiger partial charge >= 0.3 is 0 Å². The van der Waals surface area contributed by atoms with Gasteiger partial charge in [-0.15, -0.1) is 9.24 Å². The molecule has 0 saturated heterocycles. The zero-order valence-electron chi connectivity index (χ0n) is 6.97. The van der Waals surface area contributed by atoms with Crippen molar-refractivity contribution in [2.45, 2.75) is 11.3 Å². The van der Waals surface area contributed by atoms with Gasteiger partial charge in [0.05, 0.1) is 4.90 Å². The maximum Gasteiger partial charge on any atom is 0.294 e. The van der Waals surface area contributed by atoms with Gasteiger partial charge in [-0.3, -0.25) is 4.55 Å². The lowest BCUT2D eigenvalue weighted by atomic mass is 10.2. The smallest absolute Gasteiger partial charge is 0.282 e. The lowest BCUT2D eigenvalue weighted by Gasteiger charge is -1.99. The van der Waals surface area contributed by atoms with Crippen molar-refractivity contribution in [1.29, 1.82) is 0 Å². The summed E-state index contributed by atoms with van der Waals surface area (Å²) in [5.41, 5.74) is 1.06. The van der Waals surface area contributed by atoms with Crippen LogP contribution in [0.25, 0.3) is 0 Å². The van der Waals surface area contributed by atoms with Gasteiger partial charge in [0.2, 0.25) is 0 Å². The van der Waals surface area contributed by atoms with E-state index >= 15 is 0 Å². The first-order chi connectivity index (χ1) is 6.04. The Balaban J connectivity index is 2.94. The summed E-state index contributed by atoms with van der Waals surface area (Å²) in [6.45, 7) is 0. The summed E-state index contributed by atoms with van der Waals surface area (Å²) in [6.07, 6.45) is 1.82. The normalized spacial score (nSPS) is 11.5. The molecule has 1 aromatic carbocycles. The summed E-state index contributed by atoms with van der Waals surface area (Å²) in [4.78, 5) is -0.0555. The van der Waals surface area contributed by atoms with E-state index in [1.54, 1.807) is 12.1 Å². The van der Waals surface area contributed by atoms with E-state index in [9.17, 15) is 8.42 Å². The molecule has 0 aliphatic rings. The highest BCUT2D eigenvalue weighted by molar-refractivity contribution is 7.85. The van der Waals surface area contributed by atoms with E-state index in [4.69, 9.17) is 4.55 Å². The first-order valence-corrected chi connectivity index (χ1v) is 6.06. The topological polar surface area (TPSA) is 54.4 Å². The number of hydrogen-bond acceptors (Lipinski definition) is 2. The van der Waals surface area contributed by atoms with Gasteiger partial charge in [0.1, 0.15) is 0 Å². The Morgan fingerprint density at radius 1 is 1.23 bits per heavy atom. The monoisotopic (exact) mass is 218 g/mol. The Morgan fingerprint density at radius 3 is 2.15 bits per heavy atom. The molecule has 5 heteroatoms. The maximum absolute atomic E-state index is 10.7. The molecule has 0 aromatic heterocycles. The van der Waals surface area contributed by atoms with E-state index in [0.29, 0.717) is 0 Å². The second kappa shape index (κ2) is 4.18. The zero-order valence-corrected chi connectivity index (χ0v) is 8.94. The van der Waals surface area contributed by atoms with Crippen molar-refractivity contribution in [3.05, 3.63) is 29.8 Å². The molecule has 0 aliphatic heterocycles. The van der Waals surface area contributed by atoms with E-state index in [-0.39, 0.29) is 4.90 Å². The van der Waals surface area contributed by atoms with Gasteiger partial charge in [-0.1, -0.05) is 12.1 Å². The minimum Gasteiger partial charge on any atom is -0.282 e. The van der Waals surface area contributed by atoms with Crippen LogP contribution in [-0.2, 0) is 16.5 Å². The first kappa shape index (κ1) is 10.6. The zero-order chi connectivity index (χ0) is 9.90. The number of benzene rings is 1. The number of aryl methyl sites for hydroxylation is 1. The molecule has 0 amide bonds. The molecule has 1 aromatic rings. The molecule has 13 heavy (non-hydrogen) atoms. The van der Waals surface area contributed by atoms with Crippen LogP contribution in [0.15, 0.2) is 29.2 Å². The number of rotatable bonds is 3. The van der Waals surface area contributed by atoms with E-state index < -0.39 is 10.1 Å². The molecular formula is C8H11O3PS. The van der Waals surface area contributed by atoms with Gasteiger partial charge in [0, 0.05) is 0 Å². The van der Waals surface area contributed by atoms with Crippen molar-refractivity contribution < 1.29 is 13.0 Å². The van der Waals surface area contributed by atoms with Crippen molar-refractivity contribution in [2.24, 2.45) is 0 Å². The molecule has 1 unspecified atom stereocenters. The van der Waals surface area contributed by atoms with E-state index in [0.717, 1.165) is 18.1 Å².